The molecule has 0 fully saturated rings. The van der Waals surface area contributed by atoms with E-state index in [1.165, 1.54) is 53.3 Å². The SMILES string of the molecule is COCCNCCCCCCc1cc(C)c(Br)cc1C. The summed E-state index contributed by atoms with van der Waals surface area (Å²) < 4.78 is 6.22. The van der Waals surface area contributed by atoms with E-state index in [2.05, 4.69) is 47.2 Å². The first kappa shape index (κ1) is 17.7. The highest BCUT2D eigenvalue weighted by Gasteiger charge is 2.02. The van der Waals surface area contributed by atoms with Gasteiger partial charge in [-0.3, -0.25) is 0 Å². The van der Waals surface area contributed by atoms with Gasteiger partial charge in [0.25, 0.3) is 0 Å². The zero-order chi connectivity index (χ0) is 14.8. The molecule has 1 N–H and O–H groups in total. The average molecular weight is 342 g/mol. The van der Waals surface area contributed by atoms with E-state index < -0.39 is 0 Å². The van der Waals surface area contributed by atoms with Crippen LogP contribution in [0.1, 0.15) is 42.4 Å². The molecule has 0 aliphatic rings. The minimum atomic E-state index is 0.808. The minimum Gasteiger partial charge on any atom is -0.383 e. The van der Waals surface area contributed by atoms with Crippen LogP contribution in [0, 0.1) is 13.8 Å². The van der Waals surface area contributed by atoms with Crippen molar-refractivity contribution in [3.05, 3.63) is 33.3 Å². The number of unbranched alkanes of at least 4 members (excludes halogenated alkanes) is 3. The van der Waals surface area contributed by atoms with Gasteiger partial charge in [0.2, 0.25) is 0 Å². The van der Waals surface area contributed by atoms with Gasteiger partial charge in [-0.2, -0.15) is 0 Å². The standard InChI is InChI=1S/C17H28BrNO/c1-14-13-17(18)15(2)12-16(14)8-6-4-5-7-9-19-10-11-20-3/h12-13,19H,4-11H2,1-3H3. The Morgan fingerprint density at radius 1 is 1.00 bits per heavy atom. The third kappa shape index (κ3) is 6.87. The van der Waals surface area contributed by atoms with E-state index in [1.54, 1.807) is 7.11 Å². The van der Waals surface area contributed by atoms with E-state index in [4.69, 9.17) is 4.74 Å². The van der Waals surface area contributed by atoms with Gasteiger partial charge in [0.15, 0.2) is 0 Å². The number of nitrogens with one attached hydrogen (secondary N) is 1. The number of rotatable bonds is 10. The van der Waals surface area contributed by atoms with Gasteiger partial charge in [-0.15, -0.1) is 0 Å². The van der Waals surface area contributed by atoms with Crippen molar-refractivity contribution >= 4 is 15.9 Å². The van der Waals surface area contributed by atoms with Crippen LogP contribution in [0.3, 0.4) is 0 Å². The number of hydrogen-bond donors (Lipinski definition) is 1. The maximum Gasteiger partial charge on any atom is 0.0587 e. The number of benzene rings is 1. The highest BCUT2D eigenvalue weighted by molar-refractivity contribution is 9.10. The lowest BCUT2D eigenvalue weighted by Gasteiger charge is -2.09. The van der Waals surface area contributed by atoms with E-state index in [9.17, 15) is 0 Å². The molecule has 3 heteroatoms. The van der Waals surface area contributed by atoms with Crippen molar-refractivity contribution in [2.24, 2.45) is 0 Å². The minimum absolute atomic E-state index is 0.808. The molecule has 1 aromatic rings. The van der Waals surface area contributed by atoms with Gasteiger partial charge in [0.1, 0.15) is 0 Å². The van der Waals surface area contributed by atoms with Crippen LogP contribution in [-0.4, -0.2) is 26.8 Å². The van der Waals surface area contributed by atoms with Crippen molar-refractivity contribution < 1.29 is 4.74 Å². The normalized spacial score (nSPS) is 11.0. The number of hydrogen-bond acceptors (Lipinski definition) is 2. The van der Waals surface area contributed by atoms with Crippen LogP contribution in [0.4, 0.5) is 0 Å². The fraction of sp³-hybridized carbons (Fsp3) is 0.647. The summed E-state index contributed by atoms with van der Waals surface area (Å²) in [6.07, 6.45) is 6.40. The third-order valence-electron chi connectivity index (χ3n) is 3.65. The van der Waals surface area contributed by atoms with E-state index in [-0.39, 0.29) is 0 Å². The van der Waals surface area contributed by atoms with Crippen molar-refractivity contribution in [2.75, 3.05) is 26.8 Å². The number of methoxy groups -OCH3 is 1. The molecule has 0 unspecified atom stereocenters. The Bertz CT molecular complexity index is 393. The van der Waals surface area contributed by atoms with Crippen LogP contribution in [-0.2, 0) is 11.2 Å². The molecule has 0 amide bonds. The number of ether oxygens (including phenoxy) is 1. The summed E-state index contributed by atoms with van der Waals surface area (Å²) in [4.78, 5) is 0. The van der Waals surface area contributed by atoms with Crippen LogP contribution < -0.4 is 5.32 Å². The Hall–Kier alpha value is -0.380. The molecule has 0 aromatic heterocycles. The molecule has 0 saturated heterocycles. The molecule has 0 aliphatic carbocycles. The predicted molar refractivity (Wildman–Crippen MR) is 90.5 cm³/mol. The van der Waals surface area contributed by atoms with Crippen molar-refractivity contribution in [3.8, 4) is 0 Å². The molecule has 114 valence electrons. The van der Waals surface area contributed by atoms with Gasteiger partial charge in [0.05, 0.1) is 6.61 Å². The Morgan fingerprint density at radius 2 is 1.75 bits per heavy atom. The second kappa shape index (κ2) is 10.4. The van der Waals surface area contributed by atoms with Gasteiger partial charge in [-0.25, -0.2) is 0 Å². The summed E-state index contributed by atoms with van der Waals surface area (Å²) in [5, 5.41) is 3.39. The van der Waals surface area contributed by atoms with Crippen molar-refractivity contribution in [1.29, 1.82) is 0 Å². The molecular weight excluding hydrogens is 314 g/mol. The average Bonchev–Trinajstić information content (AvgIpc) is 2.42. The monoisotopic (exact) mass is 341 g/mol. The smallest absolute Gasteiger partial charge is 0.0587 e. The zero-order valence-electron chi connectivity index (χ0n) is 13.1. The Labute approximate surface area is 132 Å². The summed E-state index contributed by atoms with van der Waals surface area (Å²) in [5.74, 6) is 0. The fourth-order valence-electron chi connectivity index (χ4n) is 2.33. The van der Waals surface area contributed by atoms with E-state index >= 15 is 0 Å². The second-order valence-corrected chi connectivity index (χ2v) is 6.29. The molecule has 1 rings (SSSR count). The summed E-state index contributed by atoms with van der Waals surface area (Å²) in [5.41, 5.74) is 4.25. The van der Waals surface area contributed by atoms with Gasteiger partial charge in [-0.05, 0) is 62.4 Å². The Balaban J connectivity index is 2.11. The van der Waals surface area contributed by atoms with Gasteiger partial charge >= 0.3 is 0 Å². The molecule has 0 aliphatic heterocycles. The van der Waals surface area contributed by atoms with Crippen LogP contribution in [0.5, 0.6) is 0 Å². The third-order valence-corrected chi connectivity index (χ3v) is 4.50. The molecule has 20 heavy (non-hydrogen) atoms. The lowest BCUT2D eigenvalue weighted by atomic mass is 10.00. The number of halogens is 1. The first-order valence-electron chi connectivity index (χ1n) is 7.60. The molecule has 1 aromatic carbocycles. The van der Waals surface area contributed by atoms with Crippen LogP contribution in [0.25, 0.3) is 0 Å². The molecule has 2 nitrogen and oxygen atoms in total. The van der Waals surface area contributed by atoms with Crippen LogP contribution in [0.2, 0.25) is 0 Å². The zero-order valence-corrected chi connectivity index (χ0v) is 14.7. The fourth-order valence-corrected chi connectivity index (χ4v) is 2.79. The van der Waals surface area contributed by atoms with E-state index in [0.717, 1.165) is 19.7 Å². The summed E-state index contributed by atoms with van der Waals surface area (Å²) in [6.45, 7) is 7.26. The summed E-state index contributed by atoms with van der Waals surface area (Å²) in [7, 11) is 1.74. The van der Waals surface area contributed by atoms with E-state index in [0.29, 0.717) is 0 Å². The molecule has 0 bridgehead atoms. The first-order valence-corrected chi connectivity index (χ1v) is 8.39. The van der Waals surface area contributed by atoms with Crippen molar-refractivity contribution in [2.45, 2.75) is 46.0 Å². The van der Waals surface area contributed by atoms with Crippen molar-refractivity contribution in [3.63, 3.8) is 0 Å². The lowest BCUT2D eigenvalue weighted by Crippen LogP contribution is -2.20. The quantitative estimate of drug-likeness (QED) is 0.636. The second-order valence-electron chi connectivity index (χ2n) is 5.43. The molecule has 0 atom stereocenters. The largest absolute Gasteiger partial charge is 0.383 e. The Kier molecular flexibility index (Phi) is 9.16. The summed E-state index contributed by atoms with van der Waals surface area (Å²) >= 11 is 3.59. The van der Waals surface area contributed by atoms with Crippen LogP contribution >= 0.6 is 15.9 Å². The highest BCUT2D eigenvalue weighted by Crippen LogP contribution is 2.22. The van der Waals surface area contributed by atoms with Crippen LogP contribution in [0.15, 0.2) is 16.6 Å². The van der Waals surface area contributed by atoms with Gasteiger partial charge < -0.3 is 10.1 Å². The number of aryl methyl sites for hydroxylation is 3. The molecule has 0 spiro atoms. The predicted octanol–water partition coefficient (Wildman–Crippen LogP) is 4.40. The lowest BCUT2D eigenvalue weighted by molar-refractivity contribution is 0.199. The molecular formula is C17H28BrNO. The molecule has 0 saturated carbocycles. The highest BCUT2D eigenvalue weighted by atomic mass is 79.9. The Morgan fingerprint density at radius 3 is 2.50 bits per heavy atom. The maximum absolute atomic E-state index is 5.00. The first-order chi connectivity index (χ1) is 9.65. The topological polar surface area (TPSA) is 21.3 Å². The van der Waals surface area contributed by atoms with Gasteiger partial charge in [-0.1, -0.05) is 34.8 Å². The summed E-state index contributed by atoms with van der Waals surface area (Å²) in [6, 6.07) is 4.57. The van der Waals surface area contributed by atoms with E-state index in [1.807, 2.05) is 0 Å². The molecule has 0 heterocycles. The van der Waals surface area contributed by atoms with Crippen molar-refractivity contribution in [1.82, 2.24) is 5.32 Å². The maximum atomic E-state index is 5.00. The molecule has 0 radical (unpaired) electrons. The van der Waals surface area contributed by atoms with Gasteiger partial charge in [0, 0.05) is 18.1 Å².